The highest BCUT2D eigenvalue weighted by molar-refractivity contribution is 4.91. The van der Waals surface area contributed by atoms with Gasteiger partial charge in [-0.25, -0.2) is 0 Å². The second kappa shape index (κ2) is 3.82. The summed E-state index contributed by atoms with van der Waals surface area (Å²) in [6.07, 6.45) is 1.33. The van der Waals surface area contributed by atoms with Crippen molar-refractivity contribution >= 4 is 0 Å². The van der Waals surface area contributed by atoms with E-state index < -0.39 is 0 Å². The third kappa shape index (κ3) is 2.48. The van der Waals surface area contributed by atoms with Crippen LogP contribution in [0.1, 0.15) is 41.0 Å². The molecule has 1 aliphatic rings. The molecule has 0 aromatic carbocycles. The smallest absolute Gasteiger partial charge is 0.0275 e. The van der Waals surface area contributed by atoms with Gasteiger partial charge in [-0.3, -0.25) is 4.90 Å². The van der Waals surface area contributed by atoms with Crippen LogP contribution in [0.15, 0.2) is 0 Å². The van der Waals surface area contributed by atoms with Crippen molar-refractivity contribution in [2.45, 2.75) is 46.6 Å². The van der Waals surface area contributed by atoms with Crippen molar-refractivity contribution in [2.24, 2.45) is 17.1 Å². The Kier molecular flexibility index (Phi) is 3.27. The average Bonchev–Trinajstić information content (AvgIpc) is 2.51. The highest BCUT2D eigenvalue weighted by atomic mass is 15.2. The molecule has 1 saturated heterocycles. The summed E-state index contributed by atoms with van der Waals surface area (Å²) in [5.41, 5.74) is 6.42. The third-order valence-electron chi connectivity index (χ3n) is 3.77. The molecule has 2 nitrogen and oxygen atoms in total. The Morgan fingerprint density at radius 3 is 2.14 bits per heavy atom. The van der Waals surface area contributed by atoms with Gasteiger partial charge in [0.15, 0.2) is 0 Å². The van der Waals surface area contributed by atoms with Crippen LogP contribution in [0.5, 0.6) is 0 Å². The Hall–Kier alpha value is -0.0800. The lowest BCUT2D eigenvalue weighted by Crippen LogP contribution is -2.48. The highest BCUT2D eigenvalue weighted by Crippen LogP contribution is 2.35. The molecule has 1 fully saturated rings. The summed E-state index contributed by atoms with van der Waals surface area (Å²) in [5.74, 6) is 0.827. The molecule has 0 saturated carbocycles. The topological polar surface area (TPSA) is 29.3 Å². The fourth-order valence-electron chi connectivity index (χ4n) is 2.15. The lowest BCUT2D eigenvalue weighted by atomic mass is 9.80. The monoisotopic (exact) mass is 198 g/mol. The van der Waals surface area contributed by atoms with E-state index in [-0.39, 0.29) is 5.54 Å². The van der Waals surface area contributed by atoms with Crippen LogP contribution in [0.4, 0.5) is 0 Å². The van der Waals surface area contributed by atoms with Gasteiger partial charge in [0, 0.05) is 18.6 Å². The predicted octanol–water partition coefficient (Wildman–Crippen LogP) is 2.09. The number of hydrogen-bond donors (Lipinski definition) is 1. The van der Waals surface area contributed by atoms with E-state index in [9.17, 15) is 0 Å². The molecule has 1 rings (SSSR count). The molecule has 1 unspecified atom stereocenters. The predicted molar refractivity (Wildman–Crippen MR) is 62.3 cm³/mol. The molecule has 14 heavy (non-hydrogen) atoms. The number of likely N-dealkylation sites (tertiary alicyclic amines) is 1. The summed E-state index contributed by atoms with van der Waals surface area (Å²) in [7, 11) is 0. The third-order valence-corrected chi connectivity index (χ3v) is 3.77. The summed E-state index contributed by atoms with van der Waals surface area (Å²) >= 11 is 0. The Morgan fingerprint density at radius 2 is 1.79 bits per heavy atom. The lowest BCUT2D eigenvalue weighted by molar-refractivity contribution is 0.139. The van der Waals surface area contributed by atoms with Crippen molar-refractivity contribution < 1.29 is 0 Å². The van der Waals surface area contributed by atoms with Crippen molar-refractivity contribution in [1.82, 2.24) is 4.90 Å². The van der Waals surface area contributed by atoms with Crippen LogP contribution in [0.2, 0.25) is 0 Å². The molecule has 1 aliphatic heterocycles. The first-order valence-corrected chi connectivity index (χ1v) is 5.72. The summed E-state index contributed by atoms with van der Waals surface area (Å²) < 4.78 is 0. The first-order valence-electron chi connectivity index (χ1n) is 5.72. The van der Waals surface area contributed by atoms with Gasteiger partial charge in [-0.05, 0) is 38.1 Å². The number of rotatable bonds is 2. The molecule has 0 amide bonds. The van der Waals surface area contributed by atoms with Gasteiger partial charge in [0.1, 0.15) is 0 Å². The van der Waals surface area contributed by atoms with Crippen LogP contribution in [0, 0.1) is 11.3 Å². The Morgan fingerprint density at radius 1 is 1.21 bits per heavy atom. The fourth-order valence-corrected chi connectivity index (χ4v) is 2.15. The molecule has 0 aliphatic carbocycles. The molecule has 0 radical (unpaired) electrons. The highest BCUT2D eigenvalue weighted by Gasteiger charge is 2.37. The van der Waals surface area contributed by atoms with E-state index in [4.69, 9.17) is 5.73 Å². The van der Waals surface area contributed by atoms with Crippen LogP contribution < -0.4 is 5.73 Å². The Labute approximate surface area is 88.8 Å². The zero-order chi connectivity index (χ0) is 11.0. The molecule has 84 valence electrons. The Balaban J connectivity index is 2.58. The van der Waals surface area contributed by atoms with Crippen molar-refractivity contribution in [2.75, 3.05) is 19.6 Å². The van der Waals surface area contributed by atoms with Gasteiger partial charge in [-0.15, -0.1) is 0 Å². The van der Waals surface area contributed by atoms with Crippen LogP contribution in [-0.2, 0) is 0 Å². The summed E-state index contributed by atoms with van der Waals surface area (Å²) in [5, 5.41) is 0. The van der Waals surface area contributed by atoms with Gasteiger partial charge in [0.05, 0.1) is 0 Å². The largest absolute Gasteiger partial charge is 0.329 e. The van der Waals surface area contributed by atoms with Crippen molar-refractivity contribution in [3.63, 3.8) is 0 Å². The molecule has 0 spiro atoms. The van der Waals surface area contributed by atoms with E-state index in [0.717, 1.165) is 12.5 Å². The van der Waals surface area contributed by atoms with E-state index >= 15 is 0 Å². The quantitative estimate of drug-likeness (QED) is 0.736. The zero-order valence-electron chi connectivity index (χ0n) is 10.4. The molecule has 1 atom stereocenters. The molecule has 2 heteroatoms. The molecule has 1 heterocycles. The summed E-state index contributed by atoms with van der Waals surface area (Å²) in [4.78, 5) is 2.54. The molecular formula is C12H26N2. The number of nitrogens with two attached hydrogens (primary N) is 1. The molecular weight excluding hydrogens is 172 g/mol. The van der Waals surface area contributed by atoms with E-state index in [0.29, 0.717) is 5.41 Å². The van der Waals surface area contributed by atoms with Crippen LogP contribution >= 0.6 is 0 Å². The SMILES string of the molecule is CC(C)(C)C1CCN(C(C)(C)CN)C1. The first-order chi connectivity index (χ1) is 6.27. The normalized spacial score (nSPS) is 25.7. The van der Waals surface area contributed by atoms with Crippen LogP contribution in [-0.4, -0.2) is 30.1 Å². The minimum atomic E-state index is 0.181. The molecule has 2 N–H and O–H groups in total. The van der Waals surface area contributed by atoms with E-state index in [2.05, 4.69) is 39.5 Å². The zero-order valence-corrected chi connectivity index (χ0v) is 10.4. The van der Waals surface area contributed by atoms with Gasteiger partial charge >= 0.3 is 0 Å². The van der Waals surface area contributed by atoms with Gasteiger partial charge in [0.25, 0.3) is 0 Å². The maximum absolute atomic E-state index is 5.80. The second-order valence-electron chi connectivity index (χ2n) is 6.31. The van der Waals surface area contributed by atoms with Gasteiger partial charge in [-0.2, -0.15) is 0 Å². The van der Waals surface area contributed by atoms with E-state index in [1.165, 1.54) is 19.5 Å². The van der Waals surface area contributed by atoms with E-state index in [1.807, 2.05) is 0 Å². The van der Waals surface area contributed by atoms with Crippen LogP contribution in [0.3, 0.4) is 0 Å². The van der Waals surface area contributed by atoms with Crippen molar-refractivity contribution in [1.29, 1.82) is 0 Å². The Bertz CT molecular complexity index is 191. The summed E-state index contributed by atoms with van der Waals surface area (Å²) in [6.45, 7) is 14.7. The van der Waals surface area contributed by atoms with Crippen molar-refractivity contribution in [3.05, 3.63) is 0 Å². The molecule has 0 aromatic rings. The van der Waals surface area contributed by atoms with Gasteiger partial charge < -0.3 is 5.73 Å². The standard InChI is InChI=1S/C12H26N2/c1-11(2,3)10-6-7-14(8-10)12(4,5)9-13/h10H,6-9,13H2,1-5H3. The maximum atomic E-state index is 5.80. The maximum Gasteiger partial charge on any atom is 0.0275 e. The lowest BCUT2D eigenvalue weighted by Gasteiger charge is -2.36. The molecule has 0 bridgehead atoms. The number of hydrogen-bond acceptors (Lipinski definition) is 2. The minimum absolute atomic E-state index is 0.181. The van der Waals surface area contributed by atoms with Gasteiger partial charge in [-0.1, -0.05) is 20.8 Å². The first kappa shape index (κ1) is 12.0. The van der Waals surface area contributed by atoms with Crippen LogP contribution in [0.25, 0.3) is 0 Å². The average molecular weight is 198 g/mol. The summed E-state index contributed by atoms with van der Waals surface area (Å²) in [6, 6.07) is 0. The molecule has 0 aromatic heterocycles. The van der Waals surface area contributed by atoms with Gasteiger partial charge in [0.2, 0.25) is 0 Å². The number of nitrogens with zero attached hydrogens (tertiary/aromatic N) is 1. The van der Waals surface area contributed by atoms with E-state index in [1.54, 1.807) is 0 Å². The minimum Gasteiger partial charge on any atom is -0.329 e. The second-order valence-corrected chi connectivity index (χ2v) is 6.31. The fraction of sp³-hybridized carbons (Fsp3) is 1.00. The van der Waals surface area contributed by atoms with Crippen molar-refractivity contribution in [3.8, 4) is 0 Å².